The fraction of sp³-hybridized carbons (Fsp3) is 0.364. The van der Waals surface area contributed by atoms with E-state index in [2.05, 4.69) is 19.6 Å². The van der Waals surface area contributed by atoms with Gasteiger partial charge in [-0.15, -0.1) is 12.6 Å². The van der Waals surface area contributed by atoms with E-state index in [9.17, 15) is 4.79 Å². The van der Waals surface area contributed by atoms with Gasteiger partial charge in [-0.1, -0.05) is 19.1 Å². The monoisotopic (exact) mass is 240 g/mol. The molecule has 0 fully saturated rings. The van der Waals surface area contributed by atoms with Crippen LogP contribution in [0.4, 0.5) is 0 Å². The van der Waals surface area contributed by atoms with Crippen LogP contribution in [0.15, 0.2) is 22.3 Å². The second kappa shape index (κ2) is 4.86. The third kappa shape index (κ3) is 2.11. The molecule has 4 heteroatoms. The molecule has 0 atom stereocenters. The topological polar surface area (TPSA) is 20.1 Å². The molecule has 0 saturated carbocycles. The SMILES string of the molecule is CCC1=[N+](C)/C(=C/C=O)C(=S)C(S)=C1C. The summed E-state index contributed by atoms with van der Waals surface area (Å²) in [7, 11) is 1.92. The van der Waals surface area contributed by atoms with Gasteiger partial charge in [0, 0.05) is 16.9 Å². The molecule has 1 aliphatic rings. The van der Waals surface area contributed by atoms with Crippen LogP contribution in [0.5, 0.6) is 0 Å². The van der Waals surface area contributed by atoms with Crippen LogP contribution < -0.4 is 0 Å². The summed E-state index contributed by atoms with van der Waals surface area (Å²) in [6, 6.07) is 0. The van der Waals surface area contributed by atoms with E-state index in [4.69, 9.17) is 12.2 Å². The maximum Gasteiger partial charge on any atom is 0.227 e. The largest absolute Gasteiger partial charge is 0.298 e. The Balaban J connectivity index is 3.43. The number of rotatable bonds is 2. The Kier molecular flexibility index (Phi) is 3.99. The number of nitrogens with zero attached hydrogens (tertiary/aromatic N) is 1. The van der Waals surface area contributed by atoms with Gasteiger partial charge in [-0.05, 0) is 6.92 Å². The average molecular weight is 240 g/mol. The molecule has 1 heterocycles. The quantitative estimate of drug-likeness (QED) is 0.262. The van der Waals surface area contributed by atoms with Crippen LogP contribution >= 0.6 is 24.8 Å². The van der Waals surface area contributed by atoms with Gasteiger partial charge in [0.2, 0.25) is 5.70 Å². The molecule has 0 bridgehead atoms. The zero-order valence-electron chi connectivity index (χ0n) is 9.07. The number of aldehydes is 1. The molecule has 0 spiro atoms. The van der Waals surface area contributed by atoms with Gasteiger partial charge in [-0.25, -0.2) is 0 Å². The van der Waals surface area contributed by atoms with Gasteiger partial charge < -0.3 is 0 Å². The van der Waals surface area contributed by atoms with Gasteiger partial charge in [-0.3, -0.25) is 4.79 Å². The van der Waals surface area contributed by atoms with E-state index >= 15 is 0 Å². The number of allylic oxidation sites excluding steroid dienone is 3. The fourth-order valence-corrected chi connectivity index (χ4v) is 2.33. The van der Waals surface area contributed by atoms with Gasteiger partial charge in [0.05, 0.1) is 6.08 Å². The molecular weight excluding hydrogens is 226 g/mol. The van der Waals surface area contributed by atoms with E-state index in [0.717, 1.165) is 34.6 Å². The summed E-state index contributed by atoms with van der Waals surface area (Å²) in [5, 5.41) is 0. The minimum Gasteiger partial charge on any atom is -0.298 e. The van der Waals surface area contributed by atoms with E-state index in [1.165, 1.54) is 6.08 Å². The van der Waals surface area contributed by atoms with E-state index in [1.54, 1.807) is 0 Å². The molecule has 0 aromatic carbocycles. The highest BCUT2D eigenvalue weighted by Gasteiger charge is 2.29. The third-order valence-corrected chi connectivity index (χ3v) is 3.69. The van der Waals surface area contributed by atoms with Crippen LogP contribution in [0.25, 0.3) is 0 Å². The summed E-state index contributed by atoms with van der Waals surface area (Å²) < 4.78 is 1.96. The first kappa shape index (κ1) is 12.3. The first-order chi connectivity index (χ1) is 7.04. The number of thiol groups is 1. The van der Waals surface area contributed by atoms with Crippen molar-refractivity contribution in [2.24, 2.45) is 0 Å². The molecule has 80 valence electrons. The van der Waals surface area contributed by atoms with Crippen molar-refractivity contribution < 1.29 is 9.37 Å². The summed E-state index contributed by atoms with van der Waals surface area (Å²) in [4.78, 5) is 12.0. The predicted octanol–water partition coefficient (Wildman–Crippen LogP) is 2.15. The first-order valence-corrected chi connectivity index (χ1v) is 5.60. The van der Waals surface area contributed by atoms with Crippen molar-refractivity contribution in [1.82, 2.24) is 0 Å². The van der Waals surface area contributed by atoms with Crippen LogP contribution in [0, 0.1) is 0 Å². The molecule has 0 aromatic rings. The Morgan fingerprint density at radius 1 is 1.53 bits per heavy atom. The lowest BCUT2D eigenvalue weighted by molar-refractivity contribution is -0.435. The van der Waals surface area contributed by atoms with Gasteiger partial charge in [-0.2, -0.15) is 4.58 Å². The number of thiocarbonyl (C=S) groups is 1. The number of hydrogen-bond donors (Lipinski definition) is 1. The number of carbonyl (C=O) groups is 1. The van der Waals surface area contributed by atoms with E-state index in [0.29, 0.717) is 4.86 Å². The predicted molar refractivity (Wildman–Crippen MR) is 69.9 cm³/mol. The Morgan fingerprint density at radius 3 is 2.60 bits per heavy atom. The Bertz CT molecular complexity index is 416. The second-order valence-electron chi connectivity index (χ2n) is 3.35. The molecule has 15 heavy (non-hydrogen) atoms. The minimum absolute atomic E-state index is 0.641. The van der Waals surface area contributed by atoms with Gasteiger partial charge >= 0.3 is 0 Å². The van der Waals surface area contributed by atoms with Gasteiger partial charge in [0.25, 0.3) is 0 Å². The van der Waals surface area contributed by atoms with E-state index in [1.807, 2.05) is 18.5 Å². The molecule has 1 rings (SSSR count). The lowest BCUT2D eigenvalue weighted by Crippen LogP contribution is -2.28. The molecule has 0 amide bonds. The molecule has 0 saturated heterocycles. The molecular formula is C11H14NOS2+. The second-order valence-corrected chi connectivity index (χ2v) is 4.21. The maximum absolute atomic E-state index is 10.5. The normalized spacial score (nSPS) is 20.3. The molecule has 0 radical (unpaired) electrons. The summed E-state index contributed by atoms with van der Waals surface area (Å²) >= 11 is 9.65. The van der Waals surface area contributed by atoms with Crippen molar-refractivity contribution in [3.8, 4) is 0 Å². The molecule has 0 aliphatic carbocycles. The summed E-state index contributed by atoms with van der Waals surface area (Å²) in [6.45, 7) is 4.07. The standard InChI is InChI=1S/C11H13NOS2/c1-4-8-7(2)10(14)11(15)9(5-6-13)12(8)3/h5-6H,4H2,1-3H3/p+1/b9-5+. The third-order valence-electron chi connectivity index (χ3n) is 2.56. The Labute approximate surface area is 101 Å². The van der Waals surface area contributed by atoms with Crippen LogP contribution in [0.2, 0.25) is 0 Å². The van der Waals surface area contributed by atoms with Crippen molar-refractivity contribution in [2.45, 2.75) is 20.3 Å². The minimum atomic E-state index is 0.641. The zero-order valence-corrected chi connectivity index (χ0v) is 10.8. The fourth-order valence-electron chi connectivity index (χ4n) is 1.73. The van der Waals surface area contributed by atoms with E-state index < -0.39 is 0 Å². The highest BCUT2D eigenvalue weighted by molar-refractivity contribution is 7.90. The van der Waals surface area contributed by atoms with Crippen LogP contribution in [0.3, 0.4) is 0 Å². The number of carbonyl (C=O) groups excluding carboxylic acids is 1. The smallest absolute Gasteiger partial charge is 0.227 e. The maximum atomic E-state index is 10.5. The molecule has 0 N–H and O–H groups in total. The van der Waals surface area contributed by atoms with Crippen LogP contribution in [0.1, 0.15) is 20.3 Å². The summed E-state index contributed by atoms with van der Waals surface area (Å²) in [5.74, 6) is 0. The highest BCUT2D eigenvalue weighted by atomic mass is 32.1. The first-order valence-electron chi connectivity index (χ1n) is 4.74. The molecule has 0 unspecified atom stereocenters. The van der Waals surface area contributed by atoms with Gasteiger partial charge in [0.1, 0.15) is 18.2 Å². The van der Waals surface area contributed by atoms with Crippen LogP contribution in [-0.4, -0.2) is 28.5 Å². The molecule has 0 aromatic heterocycles. The summed E-state index contributed by atoms with van der Waals surface area (Å²) in [5.41, 5.74) is 3.01. The summed E-state index contributed by atoms with van der Waals surface area (Å²) in [6.07, 6.45) is 3.14. The zero-order chi connectivity index (χ0) is 11.6. The van der Waals surface area contributed by atoms with Crippen molar-refractivity contribution in [3.63, 3.8) is 0 Å². The molecule has 2 nitrogen and oxygen atoms in total. The van der Waals surface area contributed by atoms with Crippen molar-refractivity contribution in [3.05, 3.63) is 22.3 Å². The lowest BCUT2D eigenvalue weighted by Gasteiger charge is -2.16. The number of hydrogen-bond acceptors (Lipinski definition) is 3. The van der Waals surface area contributed by atoms with Crippen molar-refractivity contribution in [2.75, 3.05) is 7.05 Å². The van der Waals surface area contributed by atoms with Crippen molar-refractivity contribution in [1.29, 1.82) is 0 Å². The lowest BCUT2D eigenvalue weighted by atomic mass is 10.0. The Hall–Kier alpha value is -0.740. The Morgan fingerprint density at radius 2 is 2.13 bits per heavy atom. The van der Waals surface area contributed by atoms with E-state index in [-0.39, 0.29) is 0 Å². The van der Waals surface area contributed by atoms with Gasteiger partial charge in [0.15, 0.2) is 5.71 Å². The average Bonchev–Trinajstić information content (AvgIpc) is 2.22. The van der Waals surface area contributed by atoms with Crippen molar-refractivity contribution >= 4 is 41.7 Å². The highest BCUT2D eigenvalue weighted by Crippen LogP contribution is 2.24. The van der Waals surface area contributed by atoms with Crippen LogP contribution in [-0.2, 0) is 4.79 Å². The molecule has 1 aliphatic heterocycles.